The number of nitrogens with one attached hydrogen (secondary N) is 1. The number of benzene rings is 1. The highest BCUT2D eigenvalue weighted by atomic mass is 16.5. The van der Waals surface area contributed by atoms with Crippen molar-refractivity contribution in [1.29, 1.82) is 0 Å². The standard InChI is InChI=1S/C26H29N5O/c1-19-17-30(18-27-19)24-12-11-20(15-25(24)32-2)14-22-10-7-13-31-26(22)29-23(16-28-31)21-8-5-3-4-6-9-21/h3,5-6,8-9,11-12,14-15,17-18,23,28H,4,7,10,13,16H2,1-2H3/b22-14+. The van der Waals surface area contributed by atoms with Crippen LogP contribution in [-0.4, -0.2) is 46.6 Å². The highest BCUT2D eigenvalue weighted by Crippen LogP contribution is 2.29. The van der Waals surface area contributed by atoms with Gasteiger partial charge >= 0.3 is 0 Å². The van der Waals surface area contributed by atoms with Crippen LogP contribution in [-0.2, 0) is 0 Å². The number of fused-ring (bicyclic) bond motifs is 1. The predicted molar refractivity (Wildman–Crippen MR) is 129 cm³/mol. The number of amidine groups is 1. The predicted octanol–water partition coefficient (Wildman–Crippen LogP) is 4.40. The van der Waals surface area contributed by atoms with Gasteiger partial charge in [0, 0.05) is 19.3 Å². The van der Waals surface area contributed by atoms with Gasteiger partial charge in [-0.2, -0.15) is 0 Å². The van der Waals surface area contributed by atoms with E-state index in [1.54, 1.807) is 7.11 Å². The number of nitrogens with zero attached hydrogens (tertiary/aromatic N) is 4. The number of aryl methyl sites for hydroxylation is 1. The maximum absolute atomic E-state index is 5.70. The summed E-state index contributed by atoms with van der Waals surface area (Å²) in [7, 11) is 1.71. The quantitative estimate of drug-likeness (QED) is 0.786. The molecule has 2 aromatic rings. The third-order valence-corrected chi connectivity index (χ3v) is 6.05. The van der Waals surface area contributed by atoms with Crippen LogP contribution in [0.2, 0.25) is 0 Å². The van der Waals surface area contributed by atoms with Crippen molar-refractivity contribution >= 4 is 11.9 Å². The second kappa shape index (κ2) is 9.01. The van der Waals surface area contributed by atoms with E-state index in [2.05, 4.69) is 70.1 Å². The first-order valence-electron chi connectivity index (χ1n) is 11.2. The Labute approximate surface area is 189 Å². The lowest BCUT2D eigenvalue weighted by atomic mass is 9.99. The number of hydrazine groups is 1. The molecule has 3 aliphatic rings. The summed E-state index contributed by atoms with van der Waals surface area (Å²) in [5.74, 6) is 1.88. The molecule has 0 radical (unpaired) electrons. The van der Waals surface area contributed by atoms with Gasteiger partial charge in [0.25, 0.3) is 0 Å². The highest BCUT2D eigenvalue weighted by molar-refractivity contribution is 6.03. The van der Waals surface area contributed by atoms with Gasteiger partial charge in [-0.1, -0.05) is 36.4 Å². The second-order valence-corrected chi connectivity index (χ2v) is 8.34. The van der Waals surface area contributed by atoms with Crippen LogP contribution < -0.4 is 10.2 Å². The Morgan fingerprint density at radius 3 is 3.03 bits per heavy atom. The fraction of sp³-hybridized carbons (Fsp3) is 0.308. The first kappa shape index (κ1) is 20.5. The van der Waals surface area contributed by atoms with Crippen LogP contribution in [0.15, 0.2) is 77.2 Å². The molecule has 0 bridgehead atoms. The van der Waals surface area contributed by atoms with Gasteiger partial charge in [-0.3, -0.25) is 10.0 Å². The molecule has 5 rings (SSSR count). The fourth-order valence-corrected chi connectivity index (χ4v) is 4.41. The van der Waals surface area contributed by atoms with Crippen molar-refractivity contribution < 1.29 is 4.74 Å². The molecule has 1 N–H and O–H groups in total. The first-order valence-corrected chi connectivity index (χ1v) is 11.2. The number of hydrogen-bond acceptors (Lipinski definition) is 5. The minimum absolute atomic E-state index is 0.128. The molecule has 164 valence electrons. The van der Waals surface area contributed by atoms with Crippen molar-refractivity contribution in [3.63, 3.8) is 0 Å². The van der Waals surface area contributed by atoms with Gasteiger partial charge in [-0.05, 0) is 61.1 Å². The number of aromatic nitrogens is 2. The van der Waals surface area contributed by atoms with E-state index in [9.17, 15) is 0 Å². The summed E-state index contributed by atoms with van der Waals surface area (Å²) in [6.45, 7) is 3.80. The van der Waals surface area contributed by atoms with Crippen molar-refractivity contribution in [3.05, 3.63) is 83.5 Å². The zero-order valence-corrected chi connectivity index (χ0v) is 18.7. The smallest absolute Gasteiger partial charge is 0.143 e. The zero-order chi connectivity index (χ0) is 21.9. The molecule has 0 spiro atoms. The lowest BCUT2D eigenvalue weighted by molar-refractivity contribution is 0.268. The van der Waals surface area contributed by atoms with Crippen LogP contribution in [0.4, 0.5) is 0 Å². The van der Waals surface area contributed by atoms with Gasteiger partial charge in [0.2, 0.25) is 0 Å². The molecule has 1 aliphatic carbocycles. The molecule has 0 saturated carbocycles. The Hall–Kier alpha value is -3.38. The van der Waals surface area contributed by atoms with Crippen LogP contribution in [0.5, 0.6) is 5.75 Å². The van der Waals surface area contributed by atoms with Gasteiger partial charge in [-0.25, -0.2) is 10.4 Å². The van der Waals surface area contributed by atoms with Crippen LogP contribution in [0.1, 0.15) is 30.5 Å². The summed E-state index contributed by atoms with van der Waals surface area (Å²) in [5.41, 5.74) is 9.18. The van der Waals surface area contributed by atoms with Gasteiger partial charge in [0.1, 0.15) is 11.6 Å². The maximum Gasteiger partial charge on any atom is 0.143 e. The molecule has 32 heavy (non-hydrogen) atoms. The van der Waals surface area contributed by atoms with Gasteiger partial charge in [0.15, 0.2) is 0 Å². The van der Waals surface area contributed by atoms with Gasteiger partial charge in [0.05, 0.1) is 30.9 Å². The third-order valence-electron chi connectivity index (χ3n) is 6.05. The van der Waals surface area contributed by atoms with Gasteiger partial charge in [-0.15, -0.1) is 0 Å². The zero-order valence-electron chi connectivity index (χ0n) is 18.7. The highest BCUT2D eigenvalue weighted by Gasteiger charge is 2.28. The minimum atomic E-state index is 0.128. The van der Waals surface area contributed by atoms with E-state index in [1.165, 1.54) is 11.1 Å². The van der Waals surface area contributed by atoms with E-state index >= 15 is 0 Å². The lowest BCUT2D eigenvalue weighted by Gasteiger charge is -2.38. The molecule has 6 nitrogen and oxygen atoms in total. The summed E-state index contributed by atoms with van der Waals surface area (Å²) in [6, 6.07) is 6.44. The first-order chi connectivity index (χ1) is 15.7. The number of imidazole rings is 1. The molecule has 2 aliphatic heterocycles. The summed E-state index contributed by atoms with van der Waals surface area (Å²) in [5, 5.41) is 2.21. The average Bonchev–Trinajstić information content (AvgIpc) is 3.07. The summed E-state index contributed by atoms with van der Waals surface area (Å²) >= 11 is 0. The Morgan fingerprint density at radius 1 is 1.25 bits per heavy atom. The SMILES string of the molecule is COc1cc(/C=C2\CCCN3NCC(C4=CC=CCC=C4)N=C23)ccc1-n1cnc(C)c1. The van der Waals surface area contributed by atoms with Crippen molar-refractivity contribution in [2.24, 2.45) is 4.99 Å². The molecular weight excluding hydrogens is 398 g/mol. The Balaban J connectivity index is 1.47. The van der Waals surface area contributed by atoms with E-state index in [1.807, 2.05) is 24.0 Å². The van der Waals surface area contributed by atoms with Crippen molar-refractivity contribution in [2.45, 2.75) is 32.2 Å². The van der Waals surface area contributed by atoms with Crippen LogP contribution in [0.25, 0.3) is 11.8 Å². The maximum atomic E-state index is 5.70. The Morgan fingerprint density at radius 2 is 2.19 bits per heavy atom. The van der Waals surface area contributed by atoms with Crippen molar-refractivity contribution in [3.8, 4) is 11.4 Å². The monoisotopic (exact) mass is 427 g/mol. The summed E-state index contributed by atoms with van der Waals surface area (Å²) in [6.07, 6.45) is 20.1. The van der Waals surface area contributed by atoms with Crippen LogP contribution in [0.3, 0.4) is 0 Å². The molecule has 6 heteroatoms. The molecule has 1 fully saturated rings. The number of hydrogen-bond donors (Lipinski definition) is 1. The molecule has 1 saturated heterocycles. The number of piperidine rings is 1. The van der Waals surface area contributed by atoms with Crippen molar-refractivity contribution in [1.82, 2.24) is 20.0 Å². The number of rotatable bonds is 4. The molecular formula is C26H29N5O. The topological polar surface area (TPSA) is 54.7 Å². The average molecular weight is 428 g/mol. The van der Waals surface area contributed by atoms with E-state index < -0.39 is 0 Å². The van der Waals surface area contributed by atoms with E-state index in [0.29, 0.717) is 0 Å². The molecule has 0 amide bonds. The van der Waals surface area contributed by atoms with E-state index in [0.717, 1.165) is 60.9 Å². The number of methoxy groups -OCH3 is 1. The Bertz CT molecular complexity index is 1150. The number of aliphatic imine (C=N–C) groups is 1. The summed E-state index contributed by atoms with van der Waals surface area (Å²) in [4.78, 5) is 9.51. The third kappa shape index (κ3) is 4.18. The van der Waals surface area contributed by atoms with E-state index in [-0.39, 0.29) is 6.04 Å². The molecule has 1 unspecified atom stereocenters. The largest absolute Gasteiger partial charge is 0.495 e. The van der Waals surface area contributed by atoms with Crippen molar-refractivity contribution in [2.75, 3.05) is 20.2 Å². The molecule has 1 atom stereocenters. The molecule has 1 aromatic heterocycles. The number of ether oxygens (including phenoxy) is 1. The van der Waals surface area contributed by atoms with E-state index in [4.69, 9.17) is 9.73 Å². The Kier molecular flexibility index (Phi) is 5.77. The molecule has 3 heterocycles. The number of allylic oxidation sites excluding steroid dienone is 4. The lowest BCUT2D eigenvalue weighted by Crippen LogP contribution is -2.53. The second-order valence-electron chi connectivity index (χ2n) is 8.34. The van der Waals surface area contributed by atoms with Crippen LogP contribution >= 0.6 is 0 Å². The molecule has 1 aromatic carbocycles. The normalized spacial score (nSPS) is 21.8. The minimum Gasteiger partial charge on any atom is -0.495 e. The summed E-state index contributed by atoms with van der Waals surface area (Å²) < 4.78 is 7.70. The fourth-order valence-electron chi connectivity index (χ4n) is 4.41. The van der Waals surface area contributed by atoms with Gasteiger partial charge < -0.3 is 9.30 Å². The van der Waals surface area contributed by atoms with Crippen LogP contribution in [0, 0.1) is 6.92 Å².